The molecule has 0 amide bonds. The van der Waals surface area contributed by atoms with Crippen molar-refractivity contribution in [2.45, 2.75) is 32.6 Å². The number of rotatable bonds is 4. The van der Waals surface area contributed by atoms with E-state index in [2.05, 4.69) is 4.98 Å². The maximum Gasteiger partial charge on any atom is 0.303 e. The molecule has 0 aliphatic rings. The Morgan fingerprint density at radius 1 is 1.77 bits per heavy atom. The molecular weight excluding hydrogens is 186 g/mol. The largest absolute Gasteiger partial charge is 0.481 e. The van der Waals surface area contributed by atoms with Crippen LogP contribution in [0.15, 0.2) is 5.38 Å². The summed E-state index contributed by atoms with van der Waals surface area (Å²) in [5.74, 6) is -0.477. The minimum absolute atomic E-state index is 0.222. The van der Waals surface area contributed by atoms with Crippen LogP contribution < -0.4 is 0 Å². The van der Waals surface area contributed by atoms with E-state index in [0.717, 1.165) is 10.7 Å². The molecule has 0 bridgehead atoms. The normalized spacial score (nSPS) is 12.8. The highest BCUT2D eigenvalue weighted by Crippen LogP contribution is 2.23. The van der Waals surface area contributed by atoms with Gasteiger partial charge in [0.1, 0.15) is 0 Å². The highest BCUT2D eigenvalue weighted by atomic mass is 32.1. The minimum atomic E-state index is -0.736. The molecule has 0 aliphatic carbocycles. The van der Waals surface area contributed by atoms with Crippen LogP contribution in [0.4, 0.5) is 0 Å². The van der Waals surface area contributed by atoms with Crippen molar-refractivity contribution in [1.29, 1.82) is 0 Å². The van der Waals surface area contributed by atoms with E-state index in [-0.39, 0.29) is 12.3 Å². The number of hydrogen-bond donors (Lipinski definition) is 1. The van der Waals surface area contributed by atoms with E-state index in [9.17, 15) is 4.79 Å². The minimum Gasteiger partial charge on any atom is -0.481 e. The topological polar surface area (TPSA) is 50.2 Å². The fourth-order valence-electron chi connectivity index (χ4n) is 1.06. The highest BCUT2D eigenvalue weighted by Gasteiger charge is 2.10. The van der Waals surface area contributed by atoms with Gasteiger partial charge in [0, 0.05) is 23.4 Å². The number of nitrogens with zero attached hydrogens (tertiary/aromatic N) is 1. The van der Waals surface area contributed by atoms with Gasteiger partial charge in [0.05, 0.1) is 5.01 Å². The Kier molecular flexibility index (Phi) is 3.42. The van der Waals surface area contributed by atoms with Gasteiger partial charge in [0.2, 0.25) is 0 Å². The van der Waals surface area contributed by atoms with E-state index < -0.39 is 5.97 Å². The number of aryl methyl sites for hydroxylation is 1. The summed E-state index contributed by atoms with van der Waals surface area (Å²) in [7, 11) is 0. The molecule has 0 aromatic carbocycles. The van der Waals surface area contributed by atoms with E-state index in [4.69, 9.17) is 5.11 Å². The fourth-order valence-corrected chi connectivity index (χ4v) is 1.95. The van der Waals surface area contributed by atoms with Crippen LogP contribution in [-0.2, 0) is 4.79 Å². The van der Waals surface area contributed by atoms with Gasteiger partial charge in [-0.15, -0.1) is 11.3 Å². The second-order valence-electron chi connectivity index (χ2n) is 3.16. The van der Waals surface area contributed by atoms with Gasteiger partial charge >= 0.3 is 5.97 Å². The van der Waals surface area contributed by atoms with Gasteiger partial charge in [-0.05, 0) is 13.3 Å². The van der Waals surface area contributed by atoms with Crippen LogP contribution >= 0.6 is 11.3 Å². The van der Waals surface area contributed by atoms with E-state index in [1.54, 1.807) is 11.3 Å². The van der Waals surface area contributed by atoms with Gasteiger partial charge in [-0.3, -0.25) is 4.79 Å². The smallest absolute Gasteiger partial charge is 0.303 e. The molecule has 0 spiro atoms. The predicted molar refractivity (Wildman–Crippen MR) is 52.1 cm³/mol. The predicted octanol–water partition coefficient (Wildman–Crippen LogP) is 2.42. The van der Waals surface area contributed by atoms with E-state index in [0.29, 0.717) is 6.42 Å². The van der Waals surface area contributed by atoms with Crippen LogP contribution in [0.1, 0.15) is 36.4 Å². The standard InChI is InChI=1S/C9H13NO2S/c1-6(3-4-8(11)12)9-10-7(2)5-13-9/h5-6H,3-4H2,1-2H3,(H,11,12). The summed E-state index contributed by atoms with van der Waals surface area (Å²) < 4.78 is 0. The summed E-state index contributed by atoms with van der Waals surface area (Å²) in [6.45, 7) is 3.96. The Balaban J connectivity index is 2.48. The second-order valence-corrected chi connectivity index (χ2v) is 4.05. The Labute approximate surface area is 81.4 Å². The lowest BCUT2D eigenvalue weighted by Gasteiger charge is -2.04. The van der Waals surface area contributed by atoms with Crippen LogP contribution in [0.2, 0.25) is 0 Å². The van der Waals surface area contributed by atoms with Gasteiger partial charge in [-0.2, -0.15) is 0 Å². The molecule has 1 heterocycles. The van der Waals surface area contributed by atoms with Crippen LogP contribution in [0.3, 0.4) is 0 Å². The van der Waals surface area contributed by atoms with Crippen molar-refractivity contribution < 1.29 is 9.90 Å². The number of thiazole rings is 1. The number of aromatic nitrogens is 1. The van der Waals surface area contributed by atoms with Crippen LogP contribution in [0.5, 0.6) is 0 Å². The summed E-state index contributed by atoms with van der Waals surface area (Å²) in [4.78, 5) is 14.6. The summed E-state index contributed by atoms with van der Waals surface area (Å²) in [5, 5.41) is 11.5. The van der Waals surface area contributed by atoms with Crippen molar-refractivity contribution in [2.75, 3.05) is 0 Å². The Hall–Kier alpha value is -0.900. The molecule has 1 unspecified atom stereocenters. The molecule has 13 heavy (non-hydrogen) atoms. The third-order valence-corrected chi connectivity index (χ3v) is 3.04. The molecule has 0 aliphatic heterocycles. The zero-order chi connectivity index (χ0) is 9.84. The van der Waals surface area contributed by atoms with Crippen LogP contribution in [0, 0.1) is 6.92 Å². The molecule has 0 radical (unpaired) electrons. The maximum absolute atomic E-state index is 10.3. The summed E-state index contributed by atoms with van der Waals surface area (Å²) in [6.07, 6.45) is 0.891. The van der Waals surface area contributed by atoms with Gasteiger partial charge in [0.25, 0.3) is 0 Å². The van der Waals surface area contributed by atoms with Crippen molar-refractivity contribution in [3.8, 4) is 0 Å². The molecule has 72 valence electrons. The number of carboxylic acids is 1. The summed E-state index contributed by atoms with van der Waals surface area (Å²) in [6, 6.07) is 0. The number of hydrogen-bond acceptors (Lipinski definition) is 3. The lowest BCUT2D eigenvalue weighted by atomic mass is 10.1. The van der Waals surface area contributed by atoms with E-state index >= 15 is 0 Å². The first-order valence-corrected chi connectivity index (χ1v) is 5.11. The zero-order valence-corrected chi connectivity index (χ0v) is 8.60. The lowest BCUT2D eigenvalue weighted by molar-refractivity contribution is -0.137. The fraction of sp³-hybridized carbons (Fsp3) is 0.556. The Morgan fingerprint density at radius 3 is 2.92 bits per heavy atom. The maximum atomic E-state index is 10.3. The van der Waals surface area contributed by atoms with Gasteiger partial charge in [-0.25, -0.2) is 4.98 Å². The van der Waals surface area contributed by atoms with Crippen molar-refractivity contribution in [3.63, 3.8) is 0 Å². The Bertz CT molecular complexity index is 296. The monoisotopic (exact) mass is 199 g/mol. The Morgan fingerprint density at radius 2 is 2.46 bits per heavy atom. The van der Waals surface area contributed by atoms with Crippen molar-refractivity contribution >= 4 is 17.3 Å². The summed E-state index contributed by atoms with van der Waals surface area (Å²) in [5.41, 5.74) is 1.02. The number of carbonyl (C=O) groups is 1. The number of carboxylic acid groups (broad SMARTS) is 1. The van der Waals surface area contributed by atoms with Crippen molar-refractivity contribution in [1.82, 2.24) is 4.98 Å². The quantitative estimate of drug-likeness (QED) is 0.810. The molecule has 3 nitrogen and oxygen atoms in total. The van der Waals surface area contributed by atoms with Crippen LogP contribution in [-0.4, -0.2) is 16.1 Å². The van der Waals surface area contributed by atoms with Crippen LogP contribution in [0.25, 0.3) is 0 Å². The lowest BCUT2D eigenvalue weighted by Crippen LogP contribution is -1.99. The van der Waals surface area contributed by atoms with Crippen molar-refractivity contribution in [3.05, 3.63) is 16.1 Å². The first kappa shape index (κ1) is 10.2. The first-order chi connectivity index (χ1) is 6.09. The molecule has 1 rings (SSSR count). The molecule has 0 saturated carbocycles. The SMILES string of the molecule is Cc1csc(C(C)CCC(=O)O)n1. The second kappa shape index (κ2) is 4.37. The molecule has 0 saturated heterocycles. The number of aliphatic carboxylic acids is 1. The molecule has 0 fully saturated rings. The molecule has 1 atom stereocenters. The van der Waals surface area contributed by atoms with Gasteiger partial charge in [0.15, 0.2) is 0 Å². The van der Waals surface area contributed by atoms with Crippen molar-refractivity contribution in [2.24, 2.45) is 0 Å². The third kappa shape index (κ3) is 3.14. The average Bonchev–Trinajstić information content (AvgIpc) is 2.47. The van der Waals surface area contributed by atoms with Gasteiger partial charge in [-0.1, -0.05) is 6.92 Å². The molecule has 1 aromatic rings. The molecular formula is C9H13NO2S. The highest BCUT2D eigenvalue weighted by molar-refractivity contribution is 7.09. The van der Waals surface area contributed by atoms with E-state index in [1.165, 1.54) is 0 Å². The molecule has 1 N–H and O–H groups in total. The third-order valence-electron chi connectivity index (χ3n) is 1.85. The molecule has 1 aromatic heterocycles. The first-order valence-electron chi connectivity index (χ1n) is 4.23. The van der Waals surface area contributed by atoms with Gasteiger partial charge < -0.3 is 5.11 Å². The zero-order valence-electron chi connectivity index (χ0n) is 7.78. The summed E-state index contributed by atoms with van der Waals surface area (Å²) >= 11 is 1.61. The average molecular weight is 199 g/mol. The molecule has 4 heteroatoms. The van der Waals surface area contributed by atoms with E-state index in [1.807, 2.05) is 19.2 Å².